The van der Waals surface area contributed by atoms with E-state index >= 15 is 0 Å². The van der Waals surface area contributed by atoms with Gasteiger partial charge in [-0.2, -0.15) is 0 Å². The molecular weight excluding hydrogens is 182 g/mol. The smallest absolute Gasteiger partial charge is 0.170 e. The van der Waals surface area contributed by atoms with E-state index in [-0.39, 0.29) is 0 Å². The van der Waals surface area contributed by atoms with E-state index in [1.165, 1.54) is 5.56 Å². The van der Waals surface area contributed by atoms with Crippen LogP contribution in [0, 0.1) is 0 Å². The Labute approximate surface area is 82.4 Å². The molecule has 4 heteroatoms. The quantitative estimate of drug-likeness (QED) is 0.324. The predicted octanol–water partition coefficient (Wildman–Crippen LogP) is 1.37. The SMILES string of the molecule is CN=C(NN)SCc1ccccc1. The number of thioether (sulfide) groups is 1. The molecule has 0 aromatic heterocycles. The van der Waals surface area contributed by atoms with Gasteiger partial charge < -0.3 is 5.43 Å². The van der Waals surface area contributed by atoms with Gasteiger partial charge in [0.2, 0.25) is 0 Å². The first-order valence-corrected chi connectivity index (χ1v) is 4.95. The van der Waals surface area contributed by atoms with Gasteiger partial charge in [0, 0.05) is 12.8 Å². The van der Waals surface area contributed by atoms with E-state index in [1.807, 2.05) is 18.2 Å². The fourth-order valence-electron chi connectivity index (χ4n) is 0.897. The Kier molecular flexibility index (Phi) is 4.35. The van der Waals surface area contributed by atoms with Crippen LogP contribution >= 0.6 is 11.8 Å². The van der Waals surface area contributed by atoms with E-state index in [0.29, 0.717) is 0 Å². The summed E-state index contributed by atoms with van der Waals surface area (Å²) in [4.78, 5) is 3.97. The lowest BCUT2D eigenvalue weighted by molar-refractivity contribution is 1.04. The minimum absolute atomic E-state index is 0.754. The van der Waals surface area contributed by atoms with Crippen molar-refractivity contribution in [2.45, 2.75) is 5.75 Å². The lowest BCUT2D eigenvalue weighted by atomic mass is 10.2. The maximum absolute atomic E-state index is 5.25. The van der Waals surface area contributed by atoms with Crippen LogP contribution in [0.4, 0.5) is 0 Å². The topological polar surface area (TPSA) is 50.4 Å². The second kappa shape index (κ2) is 5.61. The molecule has 0 unspecified atom stereocenters. The molecule has 3 nitrogen and oxygen atoms in total. The molecule has 3 N–H and O–H groups in total. The molecule has 0 saturated heterocycles. The van der Waals surface area contributed by atoms with Crippen molar-refractivity contribution >= 4 is 16.9 Å². The Morgan fingerprint density at radius 1 is 1.46 bits per heavy atom. The van der Waals surface area contributed by atoms with Gasteiger partial charge in [-0.1, -0.05) is 42.1 Å². The zero-order chi connectivity index (χ0) is 9.52. The highest BCUT2D eigenvalue weighted by molar-refractivity contribution is 8.13. The minimum atomic E-state index is 0.754. The Hall–Kier alpha value is -1.00. The molecule has 1 rings (SSSR count). The summed E-state index contributed by atoms with van der Waals surface area (Å²) in [5, 5.41) is 0.754. The number of aliphatic imine (C=N–C) groups is 1. The van der Waals surface area contributed by atoms with E-state index in [1.54, 1.807) is 18.8 Å². The van der Waals surface area contributed by atoms with Gasteiger partial charge >= 0.3 is 0 Å². The molecule has 70 valence electrons. The molecule has 0 radical (unpaired) electrons. The summed E-state index contributed by atoms with van der Waals surface area (Å²) in [6.45, 7) is 0. The van der Waals surface area contributed by atoms with Crippen LogP contribution in [0.5, 0.6) is 0 Å². The fourth-order valence-corrected chi connectivity index (χ4v) is 1.60. The summed E-state index contributed by atoms with van der Waals surface area (Å²) in [6.07, 6.45) is 0. The molecule has 13 heavy (non-hydrogen) atoms. The highest BCUT2D eigenvalue weighted by Gasteiger charge is 1.96. The number of rotatable bonds is 2. The van der Waals surface area contributed by atoms with Gasteiger partial charge in [-0.05, 0) is 5.56 Å². The van der Waals surface area contributed by atoms with Gasteiger partial charge in [-0.15, -0.1) is 0 Å². The summed E-state index contributed by atoms with van der Waals surface area (Å²) in [7, 11) is 1.72. The molecule has 0 aliphatic heterocycles. The highest BCUT2D eigenvalue weighted by atomic mass is 32.2. The molecule has 1 aromatic carbocycles. The average molecular weight is 195 g/mol. The monoisotopic (exact) mass is 195 g/mol. The van der Waals surface area contributed by atoms with E-state index in [4.69, 9.17) is 5.84 Å². The van der Waals surface area contributed by atoms with Crippen LogP contribution < -0.4 is 11.3 Å². The second-order valence-electron chi connectivity index (χ2n) is 2.45. The number of hydrogen-bond donors (Lipinski definition) is 2. The number of nitrogens with zero attached hydrogens (tertiary/aromatic N) is 1. The van der Waals surface area contributed by atoms with Crippen LogP contribution in [0.2, 0.25) is 0 Å². The average Bonchev–Trinajstić information content (AvgIpc) is 2.21. The van der Waals surface area contributed by atoms with Crippen molar-refractivity contribution in [2.24, 2.45) is 10.8 Å². The number of nitrogens with two attached hydrogens (primary N) is 1. The summed E-state index contributed by atoms with van der Waals surface area (Å²) in [6, 6.07) is 10.2. The van der Waals surface area contributed by atoms with Gasteiger partial charge in [0.05, 0.1) is 0 Å². The molecule has 0 fully saturated rings. The van der Waals surface area contributed by atoms with Crippen molar-refractivity contribution in [3.05, 3.63) is 35.9 Å². The van der Waals surface area contributed by atoms with Crippen molar-refractivity contribution in [3.8, 4) is 0 Å². The van der Waals surface area contributed by atoms with Crippen LogP contribution in [0.25, 0.3) is 0 Å². The third kappa shape index (κ3) is 3.48. The van der Waals surface area contributed by atoms with Crippen molar-refractivity contribution in [2.75, 3.05) is 7.05 Å². The number of amidine groups is 1. The Morgan fingerprint density at radius 2 is 2.15 bits per heavy atom. The van der Waals surface area contributed by atoms with Crippen LogP contribution in [0.1, 0.15) is 5.56 Å². The molecular formula is C9H13N3S. The Morgan fingerprint density at radius 3 is 2.69 bits per heavy atom. The van der Waals surface area contributed by atoms with Gasteiger partial charge in [-0.3, -0.25) is 4.99 Å². The molecule has 1 aromatic rings. The van der Waals surface area contributed by atoms with Crippen LogP contribution in [0.15, 0.2) is 35.3 Å². The lowest BCUT2D eigenvalue weighted by Gasteiger charge is -2.03. The maximum Gasteiger partial charge on any atom is 0.170 e. The van der Waals surface area contributed by atoms with Crippen molar-refractivity contribution in [1.82, 2.24) is 5.43 Å². The van der Waals surface area contributed by atoms with E-state index in [2.05, 4.69) is 22.6 Å². The summed E-state index contributed by atoms with van der Waals surface area (Å²) < 4.78 is 0. The van der Waals surface area contributed by atoms with Crippen molar-refractivity contribution < 1.29 is 0 Å². The van der Waals surface area contributed by atoms with Crippen LogP contribution in [-0.2, 0) is 5.75 Å². The number of hydrazine groups is 1. The molecule has 0 spiro atoms. The molecule has 0 heterocycles. The van der Waals surface area contributed by atoms with Crippen LogP contribution in [0.3, 0.4) is 0 Å². The van der Waals surface area contributed by atoms with Crippen LogP contribution in [-0.4, -0.2) is 12.2 Å². The number of hydrogen-bond acceptors (Lipinski definition) is 3. The highest BCUT2D eigenvalue weighted by Crippen LogP contribution is 2.11. The molecule has 0 atom stereocenters. The fraction of sp³-hybridized carbons (Fsp3) is 0.222. The first kappa shape index (κ1) is 10.1. The summed E-state index contributed by atoms with van der Waals surface area (Å²) in [5.74, 6) is 6.13. The predicted molar refractivity (Wildman–Crippen MR) is 58.4 cm³/mol. The first-order chi connectivity index (χ1) is 6.36. The minimum Gasteiger partial charge on any atom is -0.303 e. The molecule has 0 bridgehead atoms. The second-order valence-corrected chi connectivity index (χ2v) is 3.41. The zero-order valence-electron chi connectivity index (χ0n) is 7.53. The third-order valence-electron chi connectivity index (χ3n) is 1.54. The zero-order valence-corrected chi connectivity index (χ0v) is 8.34. The molecule has 0 aliphatic rings. The first-order valence-electron chi connectivity index (χ1n) is 3.97. The summed E-state index contributed by atoms with van der Waals surface area (Å²) in [5.41, 5.74) is 3.80. The van der Waals surface area contributed by atoms with Crippen molar-refractivity contribution in [3.63, 3.8) is 0 Å². The number of benzene rings is 1. The van der Waals surface area contributed by atoms with E-state index < -0.39 is 0 Å². The van der Waals surface area contributed by atoms with Gasteiger partial charge in [-0.25, -0.2) is 5.84 Å². The van der Waals surface area contributed by atoms with Gasteiger partial charge in [0.1, 0.15) is 0 Å². The van der Waals surface area contributed by atoms with E-state index in [9.17, 15) is 0 Å². The molecule has 0 saturated carbocycles. The standard InChI is InChI=1S/C9H13N3S/c1-11-9(12-10)13-7-8-5-3-2-4-6-8/h2-6H,7,10H2,1H3,(H,11,12). The normalized spacial score (nSPS) is 11.4. The molecule has 0 amide bonds. The van der Waals surface area contributed by atoms with Crippen molar-refractivity contribution in [1.29, 1.82) is 0 Å². The number of nitrogens with one attached hydrogen (secondary N) is 1. The maximum atomic E-state index is 5.25. The Bertz CT molecular complexity index is 271. The lowest BCUT2D eigenvalue weighted by Crippen LogP contribution is -2.27. The largest absolute Gasteiger partial charge is 0.303 e. The van der Waals surface area contributed by atoms with Gasteiger partial charge in [0.25, 0.3) is 0 Å². The van der Waals surface area contributed by atoms with Gasteiger partial charge in [0.15, 0.2) is 5.17 Å². The summed E-state index contributed by atoms with van der Waals surface area (Å²) >= 11 is 1.59. The Balaban J connectivity index is 2.43. The third-order valence-corrected chi connectivity index (χ3v) is 2.60. The van der Waals surface area contributed by atoms with E-state index in [0.717, 1.165) is 10.9 Å². The molecule has 0 aliphatic carbocycles.